The van der Waals surface area contributed by atoms with Crippen molar-refractivity contribution < 1.29 is 9.53 Å². The summed E-state index contributed by atoms with van der Waals surface area (Å²) < 4.78 is 4.97. The molecule has 2 N–H and O–H groups in total. The van der Waals surface area contributed by atoms with Gasteiger partial charge in [0, 0.05) is 16.8 Å². The number of rotatable bonds is 4. The summed E-state index contributed by atoms with van der Waals surface area (Å²) in [7, 11) is 0. The molecule has 0 aliphatic carbocycles. The van der Waals surface area contributed by atoms with E-state index < -0.39 is 0 Å². The smallest absolute Gasteiger partial charge is 0.338 e. The topological polar surface area (TPSA) is 65.2 Å². The molecule has 20 heavy (non-hydrogen) atoms. The number of carbonyl (C=O) groups excluding carboxylic acids is 1. The minimum absolute atomic E-state index is 0.331. The molecule has 6 heteroatoms. The van der Waals surface area contributed by atoms with Crippen LogP contribution in [0.1, 0.15) is 17.3 Å². The molecular weight excluding hydrogens is 296 g/mol. The fourth-order valence-electron chi connectivity index (χ4n) is 1.51. The number of carbonyl (C=O) groups is 1. The van der Waals surface area contributed by atoms with Crippen molar-refractivity contribution in [2.45, 2.75) is 16.8 Å². The molecule has 0 bridgehead atoms. The number of hydrogen-bond acceptors (Lipinski definition) is 5. The molecule has 0 aliphatic rings. The molecule has 2 aromatic rings. The second-order valence-corrected chi connectivity index (χ2v) is 5.30. The van der Waals surface area contributed by atoms with E-state index in [1.54, 1.807) is 43.5 Å². The van der Waals surface area contributed by atoms with Gasteiger partial charge >= 0.3 is 5.97 Å². The third-order valence-corrected chi connectivity index (χ3v) is 3.97. The Balaban J connectivity index is 2.30. The summed E-state index contributed by atoms with van der Waals surface area (Å²) in [6.45, 7) is 2.09. The van der Waals surface area contributed by atoms with Gasteiger partial charge in [-0.1, -0.05) is 23.4 Å². The van der Waals surface area contributed by atoms with Gasteiger partial charge in [-0.3, -0.25) is 0 Å². The van der Waals surface area contributed by atoms with Crippen LogP contribution in [0.15, 0.2) is 46.5 Å². The molecule has 104 valence electrons. The summed E-state index contributed by atoms with van der Waals surface area (Å²) in [6.07, 6.45) is 1.65. The Morgan fingerprint density at radius 3 is 2.95 bits per heavy atom. The van der Waals surface area contributed by atoms with E-state index in [-0.39, 0.29) is 5.97 Å². The van der Waals surface area contributed by atoms with Crippen LogP contribution in [0.5, 0.6) is 0 Å². The van der Waals surface area contributed by atoms with E-state index >= 15 is 0 Å². The SMILES string of the molecule is CCOC(=O)c1ccc(N)c(Sc2ncccc2Cl)c1. The number of pyridine rings is 1. The molecular formula is C14H13ClN2O2S. The second kappa shape index (κ2) is 6.63. The van der Waals surface area contributed by atoms with Gasteiger partial charge in [-0.2, -0.15) is 0 Å². The first kappa shape index (κ1) is 14.7. The van der Waals surface area contributed by atoms with E-state index in [9.17, 15) is 4.79 Å². The van der Waals surface area contributed by atoms with E-state index in [0.29, 0.717) is 27.9 Å². The first-order valence-corrected chi connectivity index (χ1v) is 7.16. The van der Waals surface area contributed by atoms with Crippen molar-refractivity contribution in [3.63, 3.8) is 0 Å². The van der Waals surface area contributed by atoms with Crippen LogP contribution in [0.2, 0.25) is 5.02 Å². The summed E-state index contributed by atoms with van der Waals surface area (Å²) in [5.74, 6) is -0.374. The van der Waals surface area contributed by atoms with Crippen molar-refractivity contribution in [1.29, 1.82) is 0 Å². The third kappa shape index (κ3) is 3.43. The molecule has 0 radical (unpaired) electrons. The van der Waals surface area contributed by atoms with Crippen molar-refractivity contribution in [1.82, 2.24) is 4.98 Å². The van der Waals surface area contributed by atoms with Gasteiger partial charge in [-0.15, -0.1) is 0 Å². The zero-order chi connectivity index (χ0) is 14.5. The largest absolute Gasteiger partial charge is 0.462 e. The molecule has 1 aromatic carbocycles. The lowest BCUT2D eigenvalue weighted by molar-refractivity contribution is 0.0526. The summed E-state index contributed by atoms with van der Waals surface area (Å²) in [6, 6.07) is 8.50. The zero-order valence-electron chi connectivity index (χ0n) is 10.8. The molecule has 0 saturated carbocycles. The van der Waals surface area contributed by atoms with E-state index in [2.05, 4.69) is 4.98 Å². The van der Waals surface area contributed by atoms with Crippen LogP contribution in [0.3, 0.4) is 0 Å². The van der Waals surface area contributed by atoms with Crippen LogP contribution < -0.4 is 5.73 Å². The number of anilines is 1. The van der Waals surface area contributed by atoms with Crippen molar-refractivity contribution in [3.05, 3.63) is 47.1 Å². The second-order valence-electron chi connectivity index (χ2n) is 3.87. The molecule has 0 spiro atoms. The molecule has 1 heterocycles. The average molecular weight is 309 g/mol. The summed E-state index contributed by atoms with van der Waals surface area (Å²) in [5.41, 5.74) is 6.93. The predicted octanol–water partition coefficient (Wildman–Crippen LogP) is 3.65. The number of nitrogen functional groups attached to an aromatic ring is 1. The number of esters is 1. The van der Waals surface area contributed by atoms with Crippen LogP contribution in [0, 0.1) is 0 Å². The van der Waals surface area contributed by atoms with E-state index in [0.717, 1.165) is 4.90 Å². The predicted molar refractivity (Wildman–Crippen MR) is 80.2 cm³/mol. The first-order valence-electron chi connectivity index (χ1n) is 5.97. The van der Waals surface area contributed by atoms with Crippen LogP contribution in [0.4, 0.5) is 5.69 Å². The lowest BCUT2D eigenvalue weighted by Crippen LogP contribution is -2.05. The van der Waals surface area contributed by atoms with Crippen molar-refractivity contribution in [3.8, 4) is 0 Å². The molecule has 0 aliphatic heterocycles. The van der Waals surface area contributed by atoms with E-state index in [4.69, 9.17) is 22.1 Å². The monoisotopic (exact) mass is 308 g/mol. The van der Waals surface area contributed by atoms with Crippen molar-refractivity contribution >= 4 is 35.0 Å². The maximum Gasteiger partial charge on any atom is 0.338 e. The van der Waals surface area contributed by atoms with E-state index in [1.165, 1.54) is 11.8 Å². The highest BCUT2D eigenvalue weighted by atomic mass is 35.5. The molecule has 0 unspecified atom stereocenters. The zero-order valence-corrected chi connectivity index (χ0v) is 12.4. The molecule has 0 amide bonds. The van der Waals surface area contributed by atoms with Gasteiger partial charge in [-0.25, -0.2) is 9.78 Å². The van der Waals surface area contributed by atoms with Crippen molar-refractivity contribution in [2.75, 3.05) is 12.3 Å². The Morgan fingerprint density at radius 2 is 2.25 bits per heavy atom. The maximum atomic E-state index is 11.7. The number of nitrogens with two attached hydrogens (primary N) is 1. The van der Waals surface area contributed by atoms with E-state index in [1.807, 2.05) is 0 Å². The highest BCUT2D eigenvalue weighted by Gasteiger charge is 2.12. The van der Waals surface area contributed by atoms with Crippen LogP contribution in [-0.2, 0) is 4.74 Å². The fraction of sp³-hybridized carbons (Fsp3) is 0.143. The number of halogens is 1. The van der Waals surface area contributed by atoms with Gasteiger partial charge in [0.25, 0.3) is 0 Å². The molecule has 1 aromatic heterocycles. The Bertz CT molecular complexity index is 634. The number of ether oxygens (including phenoxy) is 1. The normalized spacial score (nSPS) is 10.3. The number of hydrogen-bond donors (Lipinski definition) is 1. The Hall–Kier alpha value is -1.72. The molecule has 0 fully saturated rings. The third-order valence-electron chi connectivity index (χ3n) is 2.46. The highest BCUT2D eigenvalue weighted by molar-refractivity contribution is 7.99. The highest BCUT2D eigenvalue weighted by Crippen LogP contribution is 2.35. The fourth-order valence-corrected chi connectivity index (χ4v) is 2.61. The summed E-state index contributed by atoms with van der Waals surface area (Å²) in [4.78, 5) is 16.6. The Kier molecular flexibility index (Phi) is 4.87. The number of aromatic nitrogens is 1. The van der Waals surface area contributed by atoms with Gasteiger partial charge in [-0.05, 0) is 37.3 Å². The standard InChI is InChI=1S/C14H13ClN2O2S/c1-2-19-14(18)9-5-6-11(16)12(8-9)20-13-10(15)4-3-7-17-13/h3-8H,2,16H2,1H3. The lowest BCUT2D eigenvalue weighted by atomic mass is 10.2. The lowest BCUT2D eigenvalue weighted by Gasteiger charge is -2.08. The maximum absolute atomic E-state index is 11.7. The van der Waals surface area contributed by atoms with Crippen LogP contribution in [0.25, 0.3) is 0 Å². The Labute approximate surface area is 126 Å². The minimum atomic E-state index is -0.374. The number of benzene rings is 1. The van der Waals surface area contributed by atoms with Gasteiger partial charge in [0.1, 0.15) is 5.03 Å². The molecule has 4 nitrogen and oxygen atoms in total. The van der Waals surface area contributed by atoms with Gasteiger partial charge in [0.05, 0.1) is 17.2 Å². The van der Waals surface area contributed by atoms with Gasteiger partial charge in [0.2, 0.25) is 0 Å². The minimum Gasteiger partial charge on any atom is -0.462 e. The van der Waals surface area contributed by atoms with Gasteiger partial charge in [0.15, 0.2) is 0 Å². The summed E-state index contributed by atoms with van der Waals surface area (Å²) in [5, 5.41) is 1.18. The average Bonchev–Trinajstić information content (AvgIpc) is 2.44. The van der Waals surface area contributed by atoms with Crippen LogP contribution >= 0.6 is 23.4 Å². The van der Waals surface area contributed by atoms with Crippen LogP contribution in [-0.4, -0.2) is 17.6 Å². The quantitative estimate of drug-likeness (QED) is 0.690. The summed E-state index contributed by atoms with van der Waals surface area (Å²) >= 11 is 7.38. The number of nitrogens with zero attached hydrogens (tertiary/aromatic N) is 1. The Morgan fingerprint density at radius 1 is 1.45 bits per heavy atom. The first-order chi connectivity index (χ1) is 9.61. The molecule has 0 saturated heterocycles. The van der Waals surface area contributed by atoms with Crippen molar-refractivity contribution in [2.24, 2.45) is 0 Å². The molecule has 2 rings (SSSR count). The molecule has 0 atom stereocenters. The van der Waals surface area contributed by atoms with Gasteiger partial charge < -0.3 is 10.5 Å².